The van der Waals surface area contributed by atoms with E-state index in [9.17, 15) is 9.90 Å². The monoisotopic (exact) mass is 446 g/mol. The molecule has 174 valence electrons. The van der Waals surface area contributed by atoms with E-state index in [4.69, 9.17) is 0 Å². The molecule has 0 aliphatic carbocycles. The number of nitrogens with zero attached hydrogens (tertiary/aromatic N) is 3. The Hall–Kier alpha value is -2.67. The Morgan fingerprint density at radius 1 is 1.06 bits per heavy atom. The van der Waals surface area contributed by atoms with E-state index in [1.54, 1.807) is 6.07 Å². The van der Waals surface area contributed by atoms with Gasteiger partial charge in [-0.25, -0.2) is 5.01 Å². The average Bonchev–Trinajstić information content (AvgIpc) is 3.40. The fourth-order valence-corrected chi connectivity index (χ4v) is 5.84. The minimum absolute atomic E-state index is 0.0433. The van der Waals surface area contributed by atoms with Crippen LogP contribution < -0.4 is 5.43 Å². The number of aromatic hydroxyl groups is 1. The molecule has 0 radical (unpaired) electrons. The third-order valence-corrected chi connectivity index (χ3v) is 7.41. The SMILES string of the molecule is C=CCN1C2CCC1CN(C(c1ccc(C(=O)NN3CCCC3)cc1)c1cccc(O)c1)C2. The molecule has 3 heterocycles. The van der Waals surface area contributed by atoms with Gasteiger partial charge in [0.2, 0.25) is 0 Å². The summed E-state index contributed by atoms with van der Waals surface area (Å²) in [4.78, 5) is 17.8. The Kier molecular flexibility index (Phi) is 6.49. The Balaban J connectivity index is 1.39. The highest BCUT2D eigenvalue weighted by Gasteiger charge is 2.41. The number of amides is 1. The molecule has 3 unspecified atom stereocenters. The fourth-order valence-electron chi connectivity index (χ4n) is 5.84. The van der Waals surface area contributed by atoms with Crippen molar-refractivity contribution in [3.05, 3.63) is 77.9 Å². The van der Waals surface area contributed by atoms with Gasteiger partial charge in [0.1, 0.15) is 5.75 Å². The van der Waals surface area contributed by atoms with Crippen LogP contribution in [0.1, 0.15) is 53.2 Å². The lowest BCUT2D eigenvalue weighted by atomic mass is 9.94. The van der Waals surface area contributed by atoms with Gasteiger partial charge in [-0.1, -0.05) is 30.3 Å². The molecule has 2 aromatic carbocycles. The predicted octanol–water partition coefficient (Wildman–Crippen LogP) is 3.56. The molecule has 3 aliphatic rings. The lowest BCUT2D eigenvalue weighted by molar-refractivity contribution is 0.0582. The number of hydrogen-bond acceptors (Lipinski definition) is 5. The van der Waals surface area contributed by atoms with Crippen molar-refractivity contribution < 1.29 is 9.90 Å². The molecule has 5 rings (SSSR count). The van der Waals surface area contributed by atoms with Crippen molar-refractivity contribution in [3.63, 3.8) is 0 Å². The van der Waals surface area contributed by atoms with Crippen molar-refractivity contribution in [2.24, 2.45) is 0 Å². The number of hydrazine groups is 1. The van der Waals surface area contributed by atoms with Gasteiger partial charge in [0.15, 0.2) is 0 Å². The molecule has 0 aromatic heterocycles. The molecule has 3 fully saturated rings. The summed E-state index contributed by atoms with van der Waals surface area (Å²) in [7, 11) is 0. The highest BCUT2D eigenvalue weighted by atomic mass is 16.3. The summed E-state index contributed by atoms with van der Waals surface area (Å²) in [5.41, 5.74) is 5.93. The van der Waals surface area contributed by atoms with E-state index < -0.39 is 0 Å². The number of phenolic OH excluding ortho intramolecular Hbond substituents is 1. The van der Waals surface area contributed by atoms with Crippen LogP contribution in [-0.4, -0.2) is 70.6 Å². The summed E-state index contributed by atoms with van der Waals surface area (Å²) in [6.07, 6.45) is 6.72. The summed E-state index contributed by atoms with van der Waals surface area (Å²) in [6, 6.07) is 16.7. The van der Waals surface area contributed by atoms with E-state index in [1.807, 2.05) is 35.4 Å². The van der Waals surface area contributed by atoms with E-state index in [2.05, 4.69) is 40.0 Å². The molecule has 3 saturated heterocycles. The second-order valence-corrected chi connectivity index (χ2v) is 9.58. The van der Waals surface area contributed by atoms with Crippen LogP contribution in [0.3, 0.4) is 0 Å². The number of piperazine rings is 1. The number of hydrogen-bond donors (Lipinski definition) is 2. The third kappa shape index (κ3) is 4.69. The second-order valence-electron chi connectivity index (χ2n) is 9.58. The van der Waals surface area contributed by atoms with Crippen molar-refractivity contribution >= 4 is 5.91 Å². The van der Waals surface area contributed by atoms with E-state index >= 15 is 0 Å². The summed E-state index contributed by atoms with van der Waals surface area (Å²) in [6.45, 7) is 8.71. The molecule has 33 heavy (non-hydrogen) atoms. The van der Waals surface area contributed by atoms with Crippen LogP contribution in [0.2, 0.25) is 0 Å². The van der Waals surface area contributed by atoms with E-state index in [1.165, 1.54) is 12.8 Å². The molecule has 0 spiro atoms. The van der Waals surface area contributed by atoms with Gasteiger partial charge in [0.25, 0.3) is 5.91 Å². The lowest BCUT2D eigenvalue weighted by Gasteiger charge is -2.44. The van der Waals surface area contributed by atoms with E-state index in [0.717, 1.165) is 56.7 Å². The molecule has 2 aromatic rings. The Morgan fingerprint density at radius 3 is 2.39 bits per heavy atom. The fraction of sp³-hybridized carbons (Fsp3) is 0.444. The average molecular weight is 447 g/mol. The lowest BCUT2D eigenvalue weighted by Crippen LogP contribution is -2.54. The number of carbonyl (C=O) groups excluding carboxylic acids is 1. The minimum Gasteiger partial charge on any atom is -0.508 e. The van der Waals surface area contributed by atoms with Gasteiger partial charge in [-0.2, -0.15) is 0 Å². The van der Waals surface area contributed by atoms with Gasteiger partial charge in [-0.3, -0.25) is 20.0 Å². The number of carbonyl (C=O) groups is 1. The first-order chi connectivity index (χ1) is 16.1. The highest BCUT2D eigenvalue weighted by Crippen LogP contribution is 2.38. The zero-order valence-electron chi connectivity index (χ0n) is 19.2. The summed E-state index contributed by atoms with van der Waals surface area (Å²) >= 11 is 0. The summed E-state index contributed by atoms with van der Waals surface area (Å²) in [5.74, 6) is 0.237. The largest absolute Gasteiger partial charge is 0.508 e. The molecule has 2 bridgehead atoms. The van der Waals surface area contributed by atoms with Gasteiger partial charge in [-0.05, 0) is 61.1 Å². The molecular formula is C27H34N4O2. The van der Waals surface area contributed by atoms with Crippen molar-refractivity contribution in [2.45, 2.75) is 43.8 Å². The maximum absolute atomic E-state index is 12.7. The molecule has 6 heteroatoms. The normalized spacial score (nSPS) is 24.6. The van der Waals surface area contributed by atoms with Crippen molar-refractivity contribution in [3.8, 4) is 5.75 Å². The van der Waals surface area contributed by atoms with Crippen LogP contribution in [0.15, 0.2) is 61.2 Å². The van der Waals surface area contributed by atoms with Crippen molar-refractivity contribution in [1.29, 1.82) is 0 Å². The predicted molar refractivity (Wildman–Crippen MR) is 130 cm³/mol. The van der Waals surface area contributed by atoms with Crippen LogP contribution in [0.5, 0.6) is 5.75 Å². The zero-order valence-corrected chi connectivity index (χ0v) is 19.2. The van der Waals surface area contributed by atoms with Gasteiger partial charge in [0, 0.05) is 50.4 Å². The Morgan fingerprint density at radius 2 is 1.76 bits per heavy atom. The number of phenols is 1. The second kappa shape index (κ2) is 9.67. The summed E-state index contributed by atoms with van der Waals surface area (Å²) in [5, 5.41) is 12.2. The first-order valence-corrected chi connectivity index (χ1v) is 12.2. The van der Waals surface area contributed by atoms with Gasteiger partial charge < -0.3 is 5.11 Å². The maximum Gasteiger partial charge on any atom is 0.265 e. The first kappa shape index (κ1) is 22.1. The third-order valence-electron chi connectivity index (χ3n) is 7.41. The zero-order chi connectivity index (χ0) is 22.8. The molecule has 1 amide bonds. The molecular weight excluding hydrogens is 412 g/mol. The molecule has 3 aliphatic heterocycles. The standard InChI is InChI=1S/C27H34N4O2/c1-2-14-31-23-12-13-24(31)19-29(18-23)26(22-6-5-7-25(32)17-22)20-8-10-21(11-9-20)27(33)28-30-15-3-4-16-30/h2,5-11,17,23-24,26,32H,1,3-4,12-16,18-19H2,(H,28,33). The van der Waals surface area contributed by atoms with Crippen LogP contribution >= 0.6 is 0 Å². The molecule has 6 nitrogen and oxygen atoms in total. The number of nitrogens with one attached hydrogen (secondary N) is 1. The number of rotatable bonds is 7. The quantitative estimate of drug-likeness (QED) is 0.637. The van der Waals surface area contributed by atoms with Crippen LogP contribution in [0, 0.1) is 0 Å². The number of fused-ring (bicyclic) bond motifs is 2. The smallest absolute Gasteiger partial charge is 0.265 e. The first-order valence-electron chi connectivity index (χ1n) is 12.2. The highest BCUT2D eigenvalue weighted by molar-refractivity contribution is 5.93. The number of likely N-dealkylation sites (tertiary alicyclic amines) is 1. The van der Waals surface area contributed by atoms with Crippen molar-refractivity contribution in [2.75, 3.05) is 32.7 Å². The van der Waals surface area contributed by atoms with Crippen LogP contribution in [0.25, 0.3) is 0 Å². The topological polar surface area (TPSA) is 59.0 Å². The maximum atomic E-state index is 12.7. The van der Waals surface area contributed by atoms with E-state index in [0.29, 0.717) is 17.6 Å². The van der Waals surface area contributed by atoms with Gasteiger partial charge in [0.05, 0.1) is 6.04 Å². The van der Waals surface area contributed by atoms with Crippen LogP contribution in [-0.2, 0) is 0 Å². The number of benzene rings is 2. The minimum atomic E-state index is -0.0477. The Bertz CT molecular complexity index is 972. The van der Waals surface area contributed by atoms with Crippen molar-refractivity contribution in [1.82, 2.24) is 20.2 Å². The molecule has 2 N–H and O–H groups in total. The van der Waals surface area contributed by atoms with Gasteiger partial charge >= 0.3 is 0 Å². The van der Waals surface area contributed by atoms with Gasteiger partial charge in [-0.15, -0.1) is 6.58 Å². The Labute approximate surface area is 196 Å². The molecule has 3 atom stereocenters. The van der Waals surface area contributed by atoms with E-state index in [-0.39, 0.29) is 17.7 Å². The summed E-state index contributed by atoms with van der Waals surface area (Å²) < 4.78 is 0. The molecule has 0 saturated carbocycles. The van der Waals surface area contributed by atoms with Crippen LogP contribution in [0.4, 0.5) is 0 Å².